The minimum atomic E-state index is -0.524. The second-order valence-corrected chi connectivity index (χ2v) is 9.93. The number of carbonyl (C=O) groups is 1. The van der Waals surface area contributed by atoms with E-state index < -0.39 is 6.67 Å². The van der Waals surface area contributed by atoms with Gasteiger partial charge in [0.2, 0.25) is 5.91 Å². The Morgan fingerprint density at radius 2 is 2.11 bits per heavy atom. The Hall–Kier alpha value is -2.93. The first-order valence-electron chi connectivity index (χ1n) is 11.8. The van der Waals surface area contributed by atoms with Gasteiger partial charge >= 0.3 is 0 Å². The molecule has 36 heavy (non-hydrogen) atoms. The number of aryl methyl sites for hydroxylation is 1. The molecule has 0 radical (unpaired) electrons. The number of rotatable bonds is 9. The standard InChI is InChI=1S/C25H29FIN7O2/c1-18-15-32(17-23-6-7-24(14-28-23)36-12-9-26)10-11-33(18)25(35)8-4-20-3-5-22(27)13-21(20)16-34-30-19(2)29-31-34/h3-8,13-14,18H,9-12,15-17H2,1-2H3/t18-/m1/s1. The number of hydrogen-bond acceptors (Lipinski definition) is 7. The molecule has 3 aromatic rings. The Labute approximate surface area is 223 Å². The van der Waals surface area contributed by atoms with Gasteiger partial charge in [0.1, 0.15) is 19.0 Å². The van der Waals surface area contributed by atoms with E-state index in [4.69, 9.17) is 4.74 Å². The van der Waals surface area contributed by atoms with E-state index in [1.807, 2.05) is 35.2 Å². The van der Waals surface area contributed by atoms with E-state index >= 15 is 0 Å². The molecule has 3 heterocycles. The summed E-state index contributed by atoms with van der Waals surface area (Å²) in [5.74, 6) is 1.18. The highest BCUT2D eigenvalue weighted by atomic mass is 127. The number of carbonyl (C=O) groups excluding carboxylic acids is 1. The molecule has 9 nitrogen and oxygen atoms in total. The van der Waals surface area contributed by atoms with E-state index in [0.717, 1.165) is 33.5 Å². The molecule has 2 aromatic heterocycles. The number of aromatic nitrogens is 5. The van der Waals surface area contributed by atoms with Crippen LogP contribution >= 0.6 is 22.6 Å². The Morgan fingerprint density at radius 1 is 1.25 bits per heavy atom. The highest BCUT2D eigenvalue weighted by Gasteiger charge is 2.26. The molecule has 4 rings (SSSR count). The summed E-state index contributed by atoms with van der Waals surface area (Å²) in [6.07, 6.45) is 5.14. The van der Waals surface area contributed by atoms with Crippen molar-refractivity contribution in [3.8, 4) is 5.75 Å². The van der Waals surface area contributed by atoms with Gasteiger partial charge in [-0.25, -0.2) is 4.39 Å². The van der Waals surface area contributed by atoms with Gasteiger partial charge in [-0.3, -0.25) is 14.7 Å². The van der Waals surface area contributed by atoms with Crippen molar-refractivity contribution in [2.75, 3.05) is 32.9 Å². The summed E-state index contributed by atoms with van der Waals surface area (Å²) in [6, 6.07) is 9.87. The molecule has 0 unspecified atom stereocenters. The van der Waals surface area contributed by atoms with Crippen molar-refractivity contribution < 1.29 is 13.9 Å². The summed E-state index contributed by atoms with van der Waals surface area (Å²) in [5.41, 5.74) is 2.89. The molecule has 1 aromatic carbocycles. The van der Waals surface area contributed by atoms with E-state index in [-0.39, 0.29) is 18.6 Å². The van der Waals surface area contributed by atoms with Crippen LogP contribution in [0, 0.1) is 10.5 Å². The first-order valence-corrected chi connectivity index (χ1v) is 12.9. The molecule has 1 atom stereocenters. The Bertz CT molecular complexity index is 1200. The first kappa shape index (κ1) is 26.1. The highest BCUT2D eigenvalue weighted by molar-refractivity contribution is 14.1. The van der Waals surface area contributed by atoms with Crippen LogP contribution < -0.4 is 4.74 Å². The van der Waals surface area contributed by atoms with Gasteiger partial charge in [-0.1, -0.05) is 6.07 Å². The molecule has 1 saturated heterocycles. The number of alkyl halides is 1. The quantitative estimate of drug-likeness (QED) is 0.274. The lowest BCUT2D eigenvalue weighted by molar-refractivity contribution is -0.130. The van der Waals surface area contributed by atoms with Gasteiger partial charge in [0.25, 0.3) is 0 Å². The number of nitrogens with zero attached hydrogens (tertiary/aromatic N) is 7. The molecule has 1 aliphatic rings. The second-order valence-electron chi connectivity index (χ2n) is 8.68. The van der Waals surface area contributed by atoms with Crippen molar-refractivity contribution in [2.24, 2.45) is 0 Å². The number of pyridine rings is 1. The zero-order valence-corrected chi connectivity index (χ0v) is 22.5. The zero-order chi connectivity index (χ0) is 25.5. The molecule has 0 N–H and O–H groups in total. The predicted octanol–water partition coefficient (Wildman–Crippen LogP) is 3.12. The minimum Gasteiger partial charge on any atom is -0.489 e. The molecule has 1 aliphatic heterocycles. The molecular weight excluding hydrogens is 576 g/mol. The maximum Gasteiger partial charge on any atom is 0.246 e. The first-order chi connectivity index (χ1) is 17.4. The number of tetrazole rings is 1. The van der Waals surface area contributed by atoms with Crippen LogP contribution in [0.2, 0.25) is 0 Å². The van der Waals surface area contributed by atoms with Crippen LogP contribution in [0.1, 0.15) is 29.6 Å². The average molecular weight is 605 g/mol. The van der Waals surface area contributed by atoms with Crippen molar-refractivity contribution in [3.05, 3.63) is 68.8 Å². The van der Waals surface area contributed by atoms with Gasteiger partial charge in [-0.2, -0.15) is 4.80 Å². The predicted molar refractivity (Wildman–Crippen MR) is 142 cm³/mol. The fourth-order valence-corrected chi connectivity index (χ4v) is 4.71. The third-order valence-corrected chi connectivity index (χ3v) is 6.57. The molecular formula is C25H29FIN7O2. The molecule has 1 fully saturated rings. The van der Waals surface area contributed by atoms with Gasteiger partial charge in [0, 0.05) is 41.9 Å². The summed E-state index contributed by atoms with van der Waals surface area (Å²) < 4.78 is 18.6. The van der Waals surface area contributed by atoms with Crippen molar-refractivity contribution in [1.82, 2.24) is 35.0 Å². The molecule has 190 valence electrons. The van der Waals surface area contributed by atoms with Crippen LogP contribution in [0.5, 0.6) is 5.75 Å². The fraction of sp³-hybridized carbons (Fsp3) is 0.400. The van der Waals surface area contributed by atoms with Crippen LogP contribution in [-0.4, -0.2) is 79.9 Å². The van der Waals surface area contributed by atoms with Crippen LogP contribution in [0.4, 0.5) is 4.39 Å². The molecule has 0 aliphatic carbocycles. The summed E-state index contributed by atoms with van der Waals surface area (Å²) >= 11 is 2.27. The van der Waals surface area contributed by atoms with Crippen LogP contribution in [0.3, 0.4) is 0 Å². The van der Waals surface area contributed by atoms with Gasteiger partial charge in [0.05, 0.1) is 18.4 Å². The molecule has 0 bridgehead atoms. The smallest absolute Gasteiger partial charge is 0.246 e. The van der Waals surface area contributed by atoms with E-state index in [9.17, 15) is 9.18 Å². The molecule has 1 amide bonds. The SMILES string of the molecule is Cc1nnn(Cc2cc(I)ccc2C=CC(=O)N2CCN(Cc3ccc(OCCF)cn3)C[C@H]2C)n1. The maximum absolute atomic E-state index is 13.0. The third-order valence-electron chi connectivity index (χ3n) is 5.90. The van der Waals surface area contributed by atoms with E-state index in [0.29, 0.717) is 31.2 Å². The van der Waals surface area contributed by atoms with Crippen LogP contribution in [0.15, 0.2) is 42.6 Å². The number of amides is 1. The van der Waals surface area contributed by atoms with Crippen molar-refractivity contribution >= 4 is 34.6 Å². The third kappa shape index (κ3) is 7.06. The highest BCUT2D eigenvalue weighted by Crippen LogP contribution is 2.18. The Morgan fingerprint density at radius 3 is 2.81 bits per heavy atom. The molecule has 11 heteroatoms. The van der Waals surface area contributed by atoms with Gasteiger partial charge in [-0.15, -0.1) is 10.2 Å². The van der Waals surface area contributed by atoms with E-state index in [1.54, 1.807) is 24.0 Å². The van der Waals surface area contributed by atoms with Crippen LogP contribution in [-0.2, 0) is 17.9 Å². The van der Waals surface area contributed by atoms with Gasteiger partial charge < -0.3 is 9.64 Å². The number of halogens is 2. The topological polar surface area (TPSA) is 89.3 Å². The monoisotopic (exact) mass is 605 g/mol. The Balaban J connectivity index is 1.34. The number of benzene rings is 1. The fourth-order valence-electron chi connectivity index (χ4n) is 4.15. The second kappa shape index (κ2) is 12.3. The van der Waals surface area contributed by atoms with E-state index in [2.05, 4.69) is 60.9 Å². The summed E-state index contributed by atoms with van der Waals surface area (Å²) in [5, 5.41) is 12.3. The molecule has 0 spiro atoms. The zero-order valence-electron chi connectivity index (χ0n) is 20.3. The van der Waals surface area contributed by atoms with E-state index in [1.165, 1.54) is 0 Å². The normalized spacial score (nSPS) is 16.6. The Kier molecular flexibility index (Phi) is 8.97. The van der Waals surface area contributed by atoms with Gasteiger partial charge in [0.15, 0.2) is 5.82 Å². The summed E-state index contributed by atoms with van der Waals surface area (Å²) in [7, 11) is 0. The largest absolute Gasteiger partial charge is 0.489 e. The summed E-state index contributed by atoms with van der Waals surface area (Å²) in [6.45, 7) is 6.71. The summed E-state index contributed by atoms with van der Waals surface area (Å²) in [4.78, 5) is 23.2. The lowest BCUT2D eigenvalue weighted by Gasteiger charge is -2.39. The van der Waals surface area contributed by atoms with Gasteiger partial charge in [-0.05, 0) is 83.1 Å². The van der Waals surface area contributed by atoms with Crippen LogP contribution in [0.25, 0.3) is 6.08 Å². The van der Waals surface area contributed by atoms with Crippen molar-refractivity contribution in [1.29, 1.82) is 0 Å². The molecule has 0 saturated carbocycles. The number of hydrogen-bond donors (Lipinski definition) is 0. The van der Waals surface area contributed by atoms with Crippen molar-refractivity contribution in [3.63, 3.8) is 0 Å². The maximum atomic E-state index is 13.0. The average Bonchev–Trinajstić information content (AvgIpc) is 3.27. The lowest BCUT2D eigenvalue weighted by atomic mass is 10.1. The lowest BCUT2D eigenvalue weighted by Crippen LogP contribution is -2.53. The number of ether oxygens (including phenoxy) is 1. The van der Waals surface area contributed by atoms with Crippen molar-refractivity contribution in [2.45, 2.75) is 33.0 Å². The number of piperazine rings is 1. The minimum absolute atomic E-state index is 0.00568.